The van der Waals surface area contributed by atoms with Gasteiger partial charge in [-0.2, -0.15) is 0 Å². The number of nitrogens with zero attached hydrogens (tertiary/aromatic N) is 7. The molecule has 1 amide bonds. The average molecular weight is 420 g/mol. The normalized spacial score (nSPS) is 18.8. The van der Waals surface area contributed by atoms with Crippen molar-refractivity contribution in [1.82, 2.24) is 33.9 Å². The topological polar surface area (TPSA) is 114 Å². The number of hydrogen-bond acceptors (Lipinski definition) is 7. The van der Waals surface area contributed by atoms with E-state index in [2.05, 4.69) is 24.7 Å². The Hall–Kier alpha value is -2.40. The van der Waals surface area contributed by atoms with Crippen LogP contribution in [0.25, 0.3) is 0 Å². The minimum atomic E-state index is -3.22. The smallest absolute Gasteiger partial charge is 0.274 e. The third kappa shape index (κ3) is 3.76. The second kappa shape index (κ2) is 7.79. The summed E-state index contributed by atoms with van der Waals surface area (Å²) < 4.78 is 28.4. The van der Waals surface area contributed by atoms with Gasteiger partial charge in [0.2, 0.25) is 10.0 Å². The fourth-order valence-corrected chi connectivity index (χ4v) is 5.21. The number of carbonyl (C=O) groups is 1. The lowest BCUT2D eigenvalue weighted by Crippen LogP contribution is -2.42. The molecule has 0 N–H and O–H groups in total. The van der Waals surface area contributed by atoms with Crippen molar-refractivity contribution in [3.63, 3.8) is 0 Å². The van der Waals surface area contributed by atoms with Crippen molar-refractivity contribution in [3.05, 3.63) is 35.9 Å². The van der Waals surface area contributed by atoms with Gasteiger partial charge in [0.25, 0.3) is 5.91 Å². The van der Waals surface area contributed by atoms with E-state index in [1.807, 2.05) is 0 Å². The van der Waals surface area contributed by atoms with E-state index in [0.29, 0.717) is 38.4 Å². The molecule has 156 valence electrons. The van der Waals surface area contributed by atoms with E-state index in [4.69, 9.17) is 0 Å². The molecule has 0 spiro atoms. The summed E-state index contributed by atoms with van der Waals surface area (Å²) in [6, 6.07) is 0. The molecule has 1 fully saturated rings. The molecule has 0 atom stereocenters. The van der Waals surface area contributed by atoms with Crippen LogP contribution in [0.5, 0.6) is 0 Å². The van der Waals surface area contributed by atoms with Crippen molar-refractivity contribution < 1.29 is 13.2 Å². The van der Waals surface area contributed by atoms with E-state index in [9.17, 15) is 13.2 Å². The van der Waals surface area contributed by atoms with Crippen molar-refractivity contribution in [2.75, 3.05) is 19.6 Å². The van der Waals surface area contributed by atoms with Crippen LogP contribution in [0.15, 0.2) is 18.6 Å². The minimum absolute atomic E-state index is 0.166. The summed E-state index contributed by atoms with van der Waals surface area (Å²) in [6.07, 6.45) is 5.96. The summed E-state index contributed by atoms with van der Waals surface area (Å²) in [4.78, 5) is 22.3. The number of piperidine rings is 1. The standard InChI is InChI=1S/C18H25N7O3S/c1-13(2)29(27,28)24-7-3-14(4-8-24)17-22-21-16-12-23(9-10-25(16)17)18(26)15-11-19-5-6-20-15/h5-6,11,13-14H,3-4,7-10,12H2,1-2H3. The molecule has 2 aromatic rings. The summed E-state index contributed by atoms with van der Waals surface area (Å²) in [5, 5.41) is 8.29. The molecule has 0 radical (unpaired) electrons. The van der Waals surface area contributed by atoms with E-state index in [-0.39, 0.29) is 11.8 Å². The quantitative estimate of drug-likeness (QED) is 0.714. The molecule has 0 bridgehead atoms. The molecule has 0 saturated carbocycles. The van der Waals surface area contributed by atoms with Gasteiger partial charge >= 0.3 is 0 Å². The predicted molar refractivity (Wildman–Crippen MR) is 104 cm³/mol. The Morgan fingerprint density at radius 2 is 1.86 bits per heavy atom. The summed E-state index contributed by atoms with van der Waals surface area (Å²) in [6.45, 7) is 5.98. The number of carbonyl (C=O) groups excluding carboxylic acids is 1. The Morgan fingerprint density at radius 1 is 1.10 bits per heavy atom. The summed E-state index contributed by atoms with van der Waals surface area (Å²) in [5.41, 5.74) is 0.319. The van der Waals surface area contributed by atoms with Gasteiger partial charge in [-0.15, -0.1) is 10.2 Å². The van der Waals surface area contributed by atoms with Crippen LogP contribution in [-0.2, 0) is 23.1 Å². The van der Waals surface area contributed by atoms with Gasteiger partial charge in [0, 0.05) is 44.5 Å². The van der Waals surface area contributed by atoms with E-state index in [1.54, 1.807) is 23.1 Å². The maximum atomic E-state index is 12.6. The number of hydrogen-bond donors (Lipinski definition) is 0. The molecule has 2 aliphatic rings. The van der Waals surface area contributed by atoms with Gasteiger partial charge < -0.3 is 9.47 Å². The molecule has 0 aliphatic carbocycles. The molecule has 0 unspecified atom stereocenters. The second-order valence-electron chi connectivity index (χ2n) is 7.71. The van der Waals surface area contributed by atoms with Crippen LogP contribution >= 0.6 is 0 Å². The molecule has 2 aliphatic heterocycles. The zero-order valence-corrected chi connectivity index (χ0v) is 17.4. The Balaban J connectivity index is 1.44. The van der Waals surface area contributed by atoms with E-state index in [0.717, 1.165) is 24.5 Å². The molecular weight excluding hydrogens is 394 g/mol. The zero-order valence-electron chi connectivity index (χ0n) is 16.6. The van der Waals surface area contributed by atoms with Crippen LogP contribution < -0.4 is 0 Å². The Labute approximate surface area is 170 Å². The molecule has 11 heteroatoms. The number of amides is 1. The number of sulfonamides is 1. The highest BCUT2D eigenvalue weighted by Gasteiger charge is 2.34. The number of rotatable bonds is 4. The maximum absolute atomic E-state index is 12.6. The molecule has 4 heterocycles. The molecular formula is C18H25N7O3S. The van der Waals surface area contributed by atoms with Crippen molar-refractivity contribution in [1.29, 1.82) is 0 Å². The van der Waals surface area contributed by atoms with Crippen LogP contribution in [0.1, 0.15) is 54.7 Å². The number of aromatic nitrogens is 5. The molecule has 29 heavy (non-hydrogen) atoms. The lowest BCUT2D eigenvalue weighted by molar-refractivity contribution is 0.0699. The highest BCUT2D eigenvalue weighted by atomic mass is 32.2. The van der Waals surface area contributed by atoms with Crippen molar-refractivity contribution >= 4 is 15.9 Å². The Morgan fingerprint density at radius 3 is 2.52 bits per heavy atom. The van der Waals surface area contributed by atoms with Gasteiger partial charge in [-0.25, -0.2) is 17.7 Å². The van der Waals surface area contributed by atoms with Gasteiger partial charge in [-0.1, -0.05) is 0 Å². The third-order valence-corrected chi connectivity index (χ3v) is 7.90. The molecule has 1 saturated heterocycles. The van der Waals surface area contributed by atoms with Gasteiger partial charge in [-0.05, 0) is 26.7 Å². The van der Waals surface area contributed by atoms with Crippen LogP contribution in [0.4, 0.5) is 0 Å². The highest BCUT2D eigenvalue weighted by Crippen LogP contribution is 2.30. The molecule has 0 aromatic carbocycles. The van der Waals surface area contributed by atoms with Gasteiger partial charge in [0.05, 0.1) is 18.0 Å². The average Bonchev–Trinajstić information content (AvgIpc) is 3.17. The first kappa shape index (κ1) is 19.9. The first-order chi connectivity index (χ1) is 13.9. The highest BCUT2D eigenvalue weighted by molar-refractivity contribution is 7.89. The van der Waals surface area contributed by atoms with Crippen LogP contribution in [0.2, 0.25) is 0 Å². The zero-order chi connectivity index (χ0) is 20.6. The van der Waals surface area contributed by atoms with Crippen molar-refractivity contribution in [3.8, 4) is 0 Å². The molecule has 2 aromatic heterocycles. The fraction of sp³-hybridized carbons (Fsp3) is 0.611. The second-order valence-corrected chi connectivity index (χ2v) is 10.2. The monoisotopic (exact) mass is 419 g/mol. The SMILES string of the molecule is CC(C)S(=O)(=O)N1CCC(c2nnc3n2CCN(C(=O)c2cnccn2)C3)CC1. The lowest BCUT2D eigenvalue weighted by atomic mass is 9.97. The maximum Gasteiger partial charge on any atom is 0.274 e. The Kier molecular flexibility index (Phi) is 5.34. The summed E-state index contributed by atoms with van der Waals surface area (Å²) in [7, 11) is -3.22. The van der Waals surface area contributed by atoms with Crippen LogP contribution in [-0.4, -0.2) is 73.1 Å². The predicted octanol–water partition coefficient (Wildman–Crippen LogP) is 0.642. The minimum Gasteiger partial charge on any atom is -0.328 e. The van der Waals surface area contributed by atoms with Crippen molar-refractivity contribution in [2.24, 2.45) is 0 Å². The van der Waals surface area contributed by atoms with Crippen molar-refractivity contribution in [2.45, 2.75) is 50.9 Å². The van der Waals surface area contributed by atoms with Crippen LogP contribution in [0, 0.1) is 0 Å². The van der Waals surface area contributed by atoms with Gasteiger partial charge in [0.1, 0.15) is 11.5 Å². The van der Waals surface area contributed by atoms with Crippen LogP contribution in [0.3, 0.4) is 0 Å². The Bertz CT molecular complexity index is 982. The molecule has 4 rings (SSSR count). The molecule has 10 nitrogen and oxygen atoms in total. The fourth-order valence-electron chi connectivity index (χ4n) is 3.89. The van der Waals surface area contributed by atoms with Gasteiger partial charge in [-0.3, -0.25) is 9.78 Å². The summed E-state index contributed by atoms with van der Waals surface area (Å²) in [5.74, 6) is 1.66. The third-order valence-electron chi connectivity index (χ3n) is 5.63. The van der Waals surface area contributed by atoms with E-state index >= 15 is 0 Å². The summed E-state index contributed by atoms with van der Waals surface area (Å²) >= 11 is 0. The van der Waals surface area contributed by atoms with E-state index in [1.165, 1.54) is 18.6 Å². The lowest BCUT2D eigenvalue weighted by Gasteiger charge is -2.33. The first-order valence-corrected chi connectivity index (χ1v) is 11.3. The van der Waals surface area contributed by atoms with E-state index < -0.39 is 15.3 Å². The first-order valence-electron chi connectivity index (χ1n) is 9.84. The largest absolute Gasteiger partial charge is 0.328 e. The van der Waals surface area contributed by atoms with Gasteiger partial charge in [0.15, 0.2) is 5.82 Å². The number of fused-ring (bicyclic) bond motifs is 1.